The first-order valence-corrected chi connectivity index (χ1v) is 10.3. The van der Waals surface area contributed by atoms with Gasteiger partial charge in [0, 0.05) is 11.1 Å². The first-order chi connectivity index (χ1) is 13.6. The summed E-state index contributed by atoms with van der Waals surface area (Å²) in [6.07, 6.45) is -4.59. The van der Waals surface area contributed by atoms with Crippen LogP contribution in [0.1, 0.15) is 27.2 Å². The van der Waals surface area contributed by atoms with E-state index in [0.29, 0.717) is 16.9 Å². The van der Waals surface area contributed by atoms with Crippen molar-refractivity contribution < 1.29 is 26.4 Å². The standard InChI is InChI=1S/C19H14F3N3O3S/c20-19(21,22)13-6-4-5-12(9-13)18(26)23-17-15-10-29(27,28)11-16(15)24-25(17)14-7-2-1-3-8-14/h1-9H,10-11H2,(H,23,26). The monoisotopic (exact) mass is 421 g/mol. The molecule has 29 heavy (non-hydrogen) atoms. The fourth-order valence-electron chi connectivity index (χ4n) is 3.14. The second-order valence-electron chi connectivity index (χ2n) is 6.59. The van der Waals surface area contributed by atoms with Crippen molar-refractivity contribution >= 4 is 21.6 Å². The minimum atomic E-state index is -4.59. The molecule has 1 aromatic heterocycles. The average Bonchev–Trinajstić information content (AvgIpc) is 3.14. The van der Waals surface area contributed by atoms with Crippen LogP contribution in [0.15, 0.2) is 54.6 Å². The van der Waals surface area contributed by atoms with Gasteiger partial charge in [0.2, 0.25) is 0 Å². The fourth-order valence-corrected chi connectivity index (χ4v) is 4.64. The zero-order chi connectivity index (χ0) is 20.8. The van der Waals surface area contributed by atoms with Gasteiger partial charge in [0.25, 0.3) is 5.91 Å². The molecule has 0 aliphatic carbocycles. The Balaban J connectivity index is 1.75. The van der Waals surface area contributed by atoms with E-state index < -0.39 is 27.5 Å². The van der Waals surface area contributed by atoms with Crippen molar-refractivity contribution in [2.45, 2.75) is 17.7 Å². The molecule has 0 radical (unpaired) electrons. The number of carbonyl (C=O) groups is 1. The third kappa shape index (κ3) is 3.75. The van der Waals surface area contributed by atoms with Crippen LogP contribution in [-0.4, -0.2) is 24.1 Å². The molecule has 0 fully saturated rings. The van der Waals surface area contributed by atoms with Crippen molar-refractivity contribution in [2.75, 3.05) is 5.32 Å². The Morgan fingerprint density at radius 3 is 2.45 bits per heavy atom. The van der Waals surface area contributed by atoms with E-state index in [1.165, 1.54) is 10.7 Å². The average molecular weight is 421 g/mol. The van der Waals surface area contributed by atoms with Crippen LogP contribution in [-0.2, 0) is 27.5 Å². The lowest BCUT2D eigenvalue weighted by atomic mass is 10.1. The predicted octanol–water partition coefficient (Wildman–Crippen LogP) is 3.57. The molecule has 0 spiro atoms. The minimum Gasteiger partial charge on any atom is -0.306 e. The largest absolute Gasteiger partial charge is 0.416 e. The molecule has 2 heterocycles. The van der Waals surface area contributed by atoms with Gasteiger partial charge in [0.05, 0.1) is 28.5 Å². The molecule has 4 rings (SSSR count). The molecule has 1 N–H and O–H groups in total. The van der Waals surface area contributed by atoms with E-state index in [1.54, 1.807) is 30.3 Å². The van der Waals surface area contributed by atoms with Gasteiger partial charge in [-0.1, -0.05) is 24.3 Å². The maximum Gasteiger partial charge on any atom is 0.416 e. The van der Waals surface area contributed by atoms with E-state index in [4.69, 9.17) is 0 Å². The lowest BCUT2D eigenvalue weighted by Gasteiger charge is -2.12. The Morgan fingerprint density at radius 1 is 1.03 bits per heavy atom. The summed E-state index contributed by atoms with van der Waals surface area (Å²) in [5.74, 6) is -1.21. The van der Waals surface area contributed by atoms with E-state index in [0.717, 1.165) is 18.2 Å². The number of halogens is 3. The molecule has 6 nitrogen and oxygen atoms in total. The summed E-state index contributed by atoms with van der Waals surface area (Å²) in [5.41, 5.74) is 0.0887. The first kappa shape index (κ1) is 19.2. The second-order valence-corrected chi connectivity index (χ2v) is 8.65. The van der Waals surface area contributed by atoms with Gasteiger partial charge in [0.1, 0.15) is 5.82 Å². The number of hydrogen-bond donors (Lipinski definition) is 1. The van der Waals surface area contributed by atoms with Gasteiger partial charge in [-0.25, -0.2) is 13.1 Å². The molecule has 0 saturated carbocycles. The highest BCUT2D eigenvalue weighted by atomic mass is 32.2. The van der Waals surface area contributed by atoms with Gasteiger partial charge in [-0.3, -0.25) is 4.79 Å². The number of alkyl halides is 3. The molecular weight excluding hydrogens is 407 g/mol. The third-order valence-corrected chi connectivity index (χ3v) is 5.91. The fraction of sp³-hybridized carbons (Fsp3) is 0.158. The highest BCUT2D eigenvalue weighted by Crippen LogP contribution is 2.34. The van der Waals surface area contributed by atoms with Gasteiger partial charge in [-0.2, -0.15) is 18.3 Å². The Morgan fingerprint density at radius 2 is 1.76 bits per heavy atom. The summed E-state index contributed by atoms with van der Waals surface area (Å²) >= 11 is 0. The molecule has 1 aliphatic heterocycles. The molecule has 10 heteroatoms. The summed E-state index contributed by atoms with van der Waals surface area (Å²) in [7, 11) is -3.39. The number of hydrogen-bond acceptors (Lipinski definition) is 4. The van der Waals surface area contributed by atoms with E-state index in [1.807, 2.05) is 0 Å². The Bertz CT molecular complexity index is 1200. The number of amides is 1. The third-order valence-electron chi connectivity index (χ3n) is 4.47. The zero-order valence-corrected chi connectivity index (χ0v) is 15.6. The number of nitrogens with one attached hydrogen (secondary N) is 1. The van der Waals surface area contributed by atoms with Crippen molar-refractivity contribution in [2.24, 2.45) is 0 Å². The van der Waals surface area contributed by atoms with Gasteiger partial charge in [-0.15, -0.1) is 0 Å². The number of para-hydroxylation sites is 1. The molecular formula is C19H14F3N3O3S. The Labute approximate surface area is 163 Å². The van der Waals surface area contributed by atoms with Crippen LogP contribution in [0.25, 0.3) is 5.69 Å². The van der Waals surface area contributed by atoms with Crippen LogP contribution in [0.3, 0.4) is 0 Å². The normalized spacial score (nSPS) is 15.1. The molecule has 150 valence electrons. The van der Waals surface area contributed by atoms with E-state index in [2.05, 4.69) is 10.4 Å². The molecule has 0 atom stereocenters. The highest BCUT2D eigenvalue weighted by molar-refractivity contribution is 7.90. The number of fused-ring (bicyclic) bond motifs is 1. The van der Waals surface area contributed by atoms with Gasteiger partial charge in [-0.05, 0) is 30.3 Å². The SMILES string of the molecule is O=C(Nc1c2c(nn1-c1ccccc1)CS(=O)(=O)C2)c1cccc(C(F)(F)F)c1. The Kier molecular flexibility index (Phi) is 4.45. The number of rotatable bonds is 3. The van der Waals surface area contributed by atoms with Crippen molar-refractivity contribution in [1.82, 2.24) is 9.78 Å². The number of nitrogens with zero attached hydrogens (tertiary/aromatic N) is 2. The molecule has 3 aromatic rings. The van der Waals surface area contributed by atoms with Crippen molar-refractivity contribution in [3.8, 4) is 5.69 Å². The van der Waals surface area contributed by atoms with E-state index in [9.17, 15) is 26.4 Å². The maximum absolute atomic E-state index is 12.9. The zero-order valence-electron chi connectivity index (χ0n) is 14.8. The summed E-state index contributed by atoms with van der Waals surface area (Å²) in [4.78, 5) is 12.7. The van der Waals surface area contributed by atoms with Crippen LogP contribution in [0.4, 0.5) is 19.0 Å². The number of aromatic nitrogens is 2. The molecule has 0 saturated heterocycles. The number of sulfone groups is 1. The second kappa shape index (κ2) is 6.73. The van der Waals surface area contributed by atoms with Crippen LogP contribution in [0, 0.1) is 0 Å². The summed E-state index contributed by atoms with van der Waals surface area (Å²) in [6, 6.07) is 12.7. The quantitative estimate of drug-likeness (QED) is 0.701. The van der Waals surface area contributed by atoms with Gasteiger partial charge in [0.15, 0.2) is 9.84 Å². The van der Waals surface area contributed by atoms with E-state index >= 15 is 0 Å². The summed E-state index contributed by atoms with van der Waals surface area (Å²) in [5, 5.41) is 6.85. The van der Waals surface area contributed by atoms with Crippen molar-refractivity contribution in [3.05, 3.63) is 77.0 Å². The van der Waals surface area contributed by atoms with Crippen molar-refractivity contribution in [1.29, 1.82) is 0 Å². The van der Waals surface area contributed by atoms with Crippen LogP contribution >= 0.6 is 0 Å². The maximum atomic E-state index is 12.9. The lowest BCUT2D eigenvalue weighted by molar-refractivity contribution is -0.137. The lowest BCUT2D eigenvalue weighted by Crippen LogP contribution is -2.18. The summed E-state index contributed by atoms with van der Waals surface area (Å²) < 4.78 is 64.2. The smallest absolute Gasteiger partial charge is 0.306 e. The van der Waals surface area contributed by atoms with Gasteiger partial charge >= 0.3 is 6.18 Å². The van der Waals surface area contributed by atoms with Crippen LogP contribution in [0.2, 0.25) is 0 Å². The number of benzene rings is 2. The van der Waals surface area contributed by atoms with Gasteiger partial charge < -0.3 is 5.32 Å². The van der Waals surface area contributed by atoms with E-state index in [-0.39, 0.29) is 22.9 Å². The highest BCUT2D eigenvalue weighted by Gasteiger charge is 2.34. The number of carbonyl (C=O) groups excluding carboxylic acids is 1. The minimum absolute atomic E-state index is 0.134. The van der Waals surface area contributed by atoms with Crippen molar-refractivity contribution in [3.63, 3.8) is 0 Å². The molecule has 1 aliphatic rings. The topological polar surface area (TPSA) is 81.1 Å². The molecule has 0 unspecified atom stereocenters. The first-order valence-electron chi connectivity index (χ1n) is 8.49. The molecule has 1 amide bonds. The molecule has 2 aromatic carbocycles. The summed E-state index contributed by atoms with van der Waals surface area (Å²) in [6.45, 7) is 0. The number of anilines is 1. The molecule has 0 bridgehead atoms. The van der Waals surface area contributed by atoms with Crippen LogP contribution < -0.4 is 5.32 Å². The Hall–Kier alpha value is -3.14. The van der Waals surface area contributed by atoms with Crippen LogP contribution in [0.5, 0.6) is 0 Å². The predicted molar refractivity (Wildman–Crippen MR) is 99.3 cm³/mol.